The molecule has 0 heterocycles. The summed E-state index contributed by atoms with van der Waals surface area (Å²) in [6.45, 7) is 1.98. The average molecular weight is 124 g/mol. The van der Waals surface area contributed by atoms with Crippen LogP contribution in [0.5, 0.6) is 0 Å². The normalized spacial score (nSPS) is 28.3. The zero-order valence-electron chi connectivity index (χ0n) is 5.71. The molecular weight excluding hydrogens is 112 g/mol. The molecule has 0 aliphatic heterocycles. The Morgan fingerprint density at radius 3 is 3.00 bits per heavy atom. The molecule has 0 aromatic carbocycles. The van der Waals surface area contributed by atoms with Gasteiger partial charge in [-0.2, -0.15) is 0 Å². The van der Waals surface area contributed by atoms with Crippen molar-refractivity contribution in [1.29, 1.82) is 0 Å². The molecule has 0 radical (unpaired) electrons. The van der Waals surface area contributed by atoms with Crippen LogP contribution in [-0.2, 0) is 4.79 Å². The third-order valence-electron chi connectivity index (χ3n) is 1.94. The van der Waals surface area contributed by atoms with Gasteiger partial charge in [-0.1, -0.05) is 19.1 Å². The predicted octanol–water partition coefficient (Wildman–Crippen LogP) is 1.79. The minimum atomic E-state index is 0.226. The number of carbonyl (C=O) groups excluding carboxylic acids is 1. The van der Waals surface area contributed by atoms with E-state index in [0.29, 0.717) is 5.92 Å². The molecule has 2 atom stereocenters. The topological polar surface area (TPSA) is 17.1 Å². The first-order valence-electron chi connectivity index (χ1n) is 3.46. The van der Waals surface area contributed by atoms with Crippen molar-refractivity contribution in [2.24, 2.45) is 11.8 Å². The van der Waals surface area contributed by atoms with Crippen LogP contribution >= 0.6 is 0 Å². The van der Waals surface area contributed by atoms with E-state index in [4.69, 9.17) is 0 Å². The van der Waals surface area contributed by atoms with Gasteiger partial charge in [0, 0.05) is 5.92 Å². The average Bonchev–Trinajstić information content (AvgIpc) is 2.37. The van der Waals surface area contributed by atoms with Crippen molar-refractivity contribution in [3.8, 4) is 0 Å². The Bertz CT molecular complexity index is 127. The van der Waals surface area contributed by atoms with E-state index in [2.05, 4.69) is 12.2 Å². The number of hydrogen-bond donors (Lipinski definition) is 0. The van der Waals surface area contributed by atoms with E-state index in [9.17, 15) is 4.79 Å². The van der Waals surface area contributed by atoms with Crippen LogP contribution in [0.2, 0.25) is 0 Å². The highest BCUT2D eigenvalue weighted by Crippen LogP contribution is 2.23. The molecule has 0 saturated heterocycles. The van der Waals surface area contributed by atoms with Crippen LogP contribution < -0.4 is 0 Å². The van der Waals surface area contributed by atoms with E-state index in [1.54, 1.807) is 0 Å². The summed E-state index contributed by atoms with van der Waals surface area (Å²) in [5.41, 5.74) is 0. The van der Waals surface area contributed by atoms with E-state index in [0.717, 1.165) is 12.7 Å². The quantitative estimate of drug-likeness (QED) is 0.405. The monoisotopic (exact) mass is 124 g/mol. The summed E-state index contributed by atoms with van der Waals surface area (Å²) in [5.74, 6) is 0.756. The SMILES string of the molecule is CC(C=O)C1C=CCC1. The second-order valence-electron chi connectivity index (χ2n) is 2.66. The number of allylic oxidation sites excluding steroid dienone is 2. The highest BCUT2D eigenvalue weighted by Gasteiger charge is 2.15. The molecule has 0 saturated carbocycles. The maximum atomic E-state index is 10.3. The molecule has 1 heteroatoms. The van der Waals surface area contributed by atoms with Crippen molar-refractivity contribution >= 4 is 6.29 Å². The maximum absolute atomic E-state index is 10.3. The van der Waals surface area contributed by atoms with Gasteiger partial charge in [0.15, 0.2) is 0 Å². The van der Waals surface area contributed by atoms with Gasteiger partial charge in [-0.3, -0.25) is 0 Å². The minimum Gasteiger partial charge on any atom is -0.303 e. The van der Waals surface area contributed by atoms with E-state index >= 15 is 0 Å². The fourth-order valence-corrected chi connectivity index (χ4v) is 1.19. The van der Waals surface area contributed by atoms with Crippen molar-refractivity contribution in [1.82, 2.24) is 0 Å². The lowest BCUT2D eigenvalue weighted by atomic mass is 9.95. The summed E-state index contributed by atoms with van der Waals surface area (Å²) < 4.78 is 0. The van der Waals surface area contributed by atoms with Gasteiger partial charge in [-0.25, -0.2) is 0 Å². The summed E-state index contributed by atoms with van der Waals surface area (Å²) in [5, 5.41) is 0. The molecule has 0 N–H and O–H groups in total. The first kappa shape index (κ1) is 6.53. The lowest BCUT2D eigenvalue weighted by molar-refractivity contribution is -0.111. The number of carbonyl (C=O) groups is 1. The van der Waals surface area contributed by atoms with Gasteiger partial charge in [0.25, 0.3) is 0 Å². The van der Waals surface area contributed by atoms with E-state index < -0.39 is 0 Å². The molecule has 2 unspecified atom stereocenters. The summed E-state index contributed by atoms with van der Waals surface area (Å²) in [6, 6.07) is 0. The smallest absolute Gasteiger partial charge is 0.123 e. The van der Waals surface area contributed by atoms with Crippen molar-refractivity contribution in [2.45, 2.75) is 19.8 Å². The van der Waals surface area contributed by atoms with Crippen LogP contribution in [0, 0.1) is 11.8 Å². The van der Waals surface area contributed by atoms with Gasteiger partial charge >= 0.3 is 0 Å². The minimum absolute atomic E-state index is 0.226. The van der Waals surface area contributed by atoms with Crippen LogP contribution in [0.4, 0.5) is 0 Å². The van der Waals surface area contributed by atoms with Crippen LogP contribution in [0.25, 0.3) is 0 Å². The third kappa shape index (κ3) is 1.41. The Morgan fingerprint density at radius 1 is 1.78 bits per heavy atom. The summed E-state index contributed by atoms with van der Waals surface area (Å²) >= 11 is 0. The van der Waals surface area contributed by atoms with Crippen molar-refractivity contribution in [3.05, 3.63) is 12.2 Å². The first-order chi connectivity index (χ1) is 4.34. The standard InChI is InChI=1S/C8H12O/c1-7(6-9)8-4-2-3-5-8/h2,4,6-8H,3,5H2,1H3. The Hall–Kier alpha value is -0.590. The molecule has 1 nitrogen and oxygen atoms in total. The lowest BCUT2D eigenvalue weighted by Gasteiger charge is -2.08. The zero-order valence-corrected chi connectivity index (χ0v) is 5.71. The molecule has 0 bridgehead atoms. The summed E-state index contributed by atoms with van der Waals surface area (Å²) in [6.07, 6.45) is 7.67. The Morgan fingerprint density at radius 2 is 2.56 bits per heavy atom. The van der Waals surface area contributed by atoms with Crippen molar-refractivity contribution in [3.63, 3.8) is 0 Å². The highest BCUT2D eigenvalue weighted by atomic mass is 16.1. The van der Waals surface area contributed by atoms with Gasteiger partial charge in [0.05, 0.1) is 0 Å². The number of aldehydes is 1. The van der Waals surface area contributed by atoms with Crippen LogP contribution in [0.3, 0.4) is 0 Å². The van der Waals surface area contributed by atoms with E-state index in [-0.39, 0.29) is 5.92 Å². The third-order valence-corrected chi connectivity index (χ3v) is 1.94. The van der Waals surface area contributed by atoms with Crippen molar-refractivity contribution < 1.29 is 4.79 Å². The Labute approximate surface area is 55.8 Å². The second kappa shape index (κ2) is 2.81. The molecule has 0 fully saturated rings. The molecule has 1 aliphatic rings. The highest BCUT2D eigenvalue weighted by molar-refractivity contribution is 5.54. The number of hydrogen-bond acceptors (Lipinski definition) is 1. The molecular formula is C8H12O. The summed E-state index contributed by atoms with van der Waals surface area (Å²) in [7, 11) is 0. The molecule has 0 amide bonds. The number of rotatable bonds is 2. The molecule has 0 spiro atoms. The largest absolute Gasteiger partial charge is 0.303 e. The van der Waals surface area contributed by atoms with Gasteiger partial charge in [0.2, 0.25) is 0 Å². The Kier molecular flexibility index (Phi) is 2.04. The summed E-state index contributed by atoms with van der Waals surface area (Å²) in [4.78, 5) is 10.3. The maximum Gasteiger partial charge on any atom is 0.123 e. The molecule has 9 heavy (non-hydrogen) atoms. The van der Waals surface area contributed by atoms with Gasteiger partial charge in [0.1, 0.15) is 6.29 Å². The van der Waals surface area contributed by atoms with Crippen LogP contribution in [0.1, 0.15) is 19.8 Å². The fraction of sp³-hybridized carbons (Fsp3) is 0.625. The van der Waals surface area contributed by atoms with Crippen LogP contribution in [0.15, 0.2) is 12.2 Å². The second-order valence-corrected chi connectivity index (χ2v) is 2.66. The Balaban J connectivity index is 2.42. The fourth-order valence-electron chi connectivity index (χ4n) is 1.19. The van der Waals surface area contributed by atoms with Gasteiger partial charge in [-0.15, -0.1) is 0 Å². The molecule has 1 aliphatic carbocycles. The van der Waals surface area contributed by atoms with E-state index in [1.807, 2.05) is 6.92 Å². The first-order valence-corrected chi connectivity index (χ1v) is 3.46. The lowest BCUT2D eigenvalue weighted by Crippen LogP contribution is -2.06. The van der Waals surface area contributed by atoms with E-state index in [1.165, 1.54) is 6.42 Å². The zero-order chi connectivity index (χ0) is 6.69. The molecule has 50 valence electrons. The molecule has 0 aromatic rings. The van der Waals surface area contributed by atoms with Gasteiger partial charge in [-0.05, 0) is 18.8 Å². The van der Waals surface area contributed by atoms with Crippen molar-refractivity contribution in [2.75, 3.05) is 0 Å². The molecule has 0 aromatic heterocycles. The molecule has 1 rings (SSSR count). The predicted molar refractivity (Wildman–Crippen MR) is 37.1 cm³/mol. The van der Waals surface area contributed by atoms with Crippen LogP contribution in [-0.4, -0.2) is 6.29 Å². The van der Waals surface area contributed by atoms with Gasteiger partial charge < -0.3 is 4.79 Å².